The van der Waals surface area contributed by atoms with Crippen molar-refractivity contribution in [1.29, 1.82) is 0 Å². The van der Waals surface area contributed by atoms with Crippen molar-refractivity contribution in [3.8, 4) is 0 Å². The molecule has 25 heavy (non-hydrogen) atoms. The van der Waals surface area contributed by atoms with Crippen molar-refractivity contribution in [3.63, 3.8) is 0 Å². The van der Waals surface area contributed by atoms with Gasteiger partial charge in [0.05, 0.1) is 0 Å². The maximum Gasteiger partial charge on any atom is 0.251 e. The number of hydrogen-bond donors (Lipinski definition) is 0. The van der Waals surface area contributed by atoms with Crippen LogP contribution in [0.1, 0.15) is 84.5 Å². The van der Waals surface area contributed by atoms with Crippen molar-refractivity contribution in [2.45, 2.75) is 90.4 Å². The number of hydrogen-bond acceptors (Lipinski definition) is 1. The van der Waals surface area contributed by atoms with Crippen molar-refractivity contribution in [2.24, 2.45) is 40.4 Å². The molecule has 4 saturated carbocycles. The molecule has 0 heterocycles. The molecule has 0 aromatic rings. The fourth-order valence-corrected chi connectivity index (χ4v) is 8.04. The highest BCUT2D eigenvalue weighted by molar-refractivity contribution is 5.49. The van der Waals surface area contributed by atoms with E-state index < -0.39 is 11.8 Å². The summed E-state index contributed by atoms with van der Waals surface area (Å²) in [4.78, 5) is 10.8. The summed E-state index contributed by atoms with van der Waals surface area (Å²) in [7, 11) is 0. The first-order valence-corrected chi connectivity index (χ1v) is 10.6. The summed E-state index contributed by atoms with van der Waals surface area (Å²) in [5.74, 6) is -1.82. The molecule has 0 spiro atoms. The summed E-state index contributed by atoms with van der Waals surface area (Å²) in [6, 6.07) is 0. The van der Waals surface area contributed by atoms with Crippen LogP contribution in [0.15, 0.2) is 0 Å². The highest BCUT2D eigenvalue weighted by Gasteiger charge is 2.67. The largest absolute Gasteiger partial charge is 0.303 e. The first kappa shape index (κ1) is 17.9. The van der Waals surface area contributed by atoms with Crippen molar-refractivity contribution in [2.75, 3.05) is 0 Å². The van der Waals surface area contributed by atoms with Crippen molar-refractivity contribution in [3.05, 3.63) is 0 Å². The number of fused-ring (bicyclic) bond motifs is 5. The van der Waals surface area contributed by atoms with Crippen LogP contribution < -0.4 is 0 Å². The lowest BCUT2D eigenvalue weighted by atomic mass is 9.44. The summed E-state index contributed by atoms with van der Waals surface area (Å²) >= 11 is 0. The van der Waals surface area contributed by atoms with Crippen LogP contribution in [0.2, 0.25) is 0 Å². The number of halogens is 2. The van der Waals surface area contributed by atoms with Crippen LogP contribution in [-0.4, -0.2) is 12.2 Å². The Kier molecular flexibility index (Phi) is 4.32. The molecule has 0 N–H and O–H groups in total. The van der Waals surface area contributed by atoms with Gasteiger partial charge in [-0.05, 0) is 79.4 Å². The zero-order chi connectivity index (χ0) is 17.9. The zero-order valence-electron chi connectivity index (χ0n) is 15.9. The van der Waals surface area contributed by atoms with Gasteiger partial charge in [0.2, 0.25) is 0 Å². The first-order chi connectivity index (χ1) is 11.8. The summed E-state index contributed by atoms with van der Waals surface area (Å²) in [5.41, 5.74) is 0.179. The molecule has 0 aliphatic heterocycles. The highest BCUT2D eigenvalue weighted by atomic mass is 19.3. The topological polar surface area (TPSA) is 17.1 Å². The van der Waals surface area contributed by atoms with Gasteiger partial charge in [-0.25, -0.2) is 8.78 Å². The molecule has 4 fully saturated rings. The Labute approximate surface area is 151 Å². The minimum Gasteiger partial charge on any atom is -0.303 e. The Morgan fingerprint density at radius 2 is 1.72 bits per heavy atom. The van der Waals surface area contributed by atoms with Gasteiger partial charge in [-0.1, -0.05) is 26.7 Å². The van der Waals surface area contributed by atoms with Crippen LogP contribution in [0.4, 0.5) is 8.78 Å². The second-order valence-corrected chi connectivity index (χ2v) is 10.2. The second kappa shape index (κ2) is 6.02. The lowest BCUT2D eigenvalue weighted by Gasteiger charge is -2.62. The van der Waals surface area contributed by atoms with Gasteiger partial charge in [-0.3, -0.25) is 0 Å². The molecule has 4 aliphatic carbocycles. The summed E-state index contributed by atoms with van der Waals surface area (Å²) in [6.07, 6.45) is 11.3. The molecule has 0 radical (unpaired) electrons. The summed E-state index contributed by atoms with van der Waals surface area (Å²) in [5, 5.41) is 0. The number of rotatable bonds is 3. The van der Waals surface area contributed by atoms with E-state index in [9.17, 15) is 4.79 Å². The molecule has 7 atom stereocenters. The van der Waals surface area contributed by atoms with Crippen molar-refractivity contribution < 1.29 is 13.6 Å². The van der Waals surface area contributed by atoms with E-state index in [1.165, 1.54) is 6.42 Å². The fourth-order valence-electron chi connectivity index (χ4n) is 8.04. The molecule has 7 unspecified atom stereocenters. The SMILES string of the molecule is CC12CCC3C(C1CCC2CCC=O)C(F)(F)CC1CCCCC13C. The molecule has 3 heteroatoms. The monoisotopic (exact) mass is 352 g/mol. The number of carbonyl (C=O) groups excluding carboxylic acids is 1. The molecule has 0 amide bonds. The number of aldehydes is 1. The van der Waals surface area contributed by atoms with Crippen LogP contribution in [0.5, 0.6) is 0 Å². The van der Waals surface area contributed by atoms with Crippen molar-refractivity contribution >= 4 is 6.29 Å². The Balaban J connectivity index is 1.66. The molecular formula is C22H34F2O. The van der Waals surface area contributed by atoms with Crippen LogP contribution in [0.3, 0.4) is 0 Å². The second-order valence-electron chi connectivity index (χ2n) is 10.2. The summed E-state index contributed by atoms with van der Waals surface area (Å²) in [6.45, 7) is 4.63. The van der Waals surface area contributed by atoms with Gasteiger partial charge in [0.1, 0.15) is 6.29 Å². The Bertz CT molecular complexity index is 532. The number of alkyl halides is 2. The van der Waals surface area contributed by atoms with Crippen LogP contribution >= 0.6 is 0 Å². The minimum absolute atomic E-state index is 0.0332. The average molecular weight is 353 g/mol. The van der Waals surface area contributed by atoms with Gasteiger partial charge < -0.3 is 4.79 Å². The van der Waals surface area contributed by atoms with E-state index in [1.54, 1.807) is 0 Å². The van der Waals surface area contributed by atoms with E-state index in [0.717, 1.165) is 57.7 Å². The third kappa shape index (κ3) is 2.54. The zero-order valence-corrected chi connectivity index (χ0v) is 15.9. The van der Waals surface area contributed by atoms with Gasteiger partial charge in [0.25, 0.3) is 5.92 Å². The average Bonchev–Trinajstić information content (AvgIpc) is 2.89. The van der Waals surface area contributed by atoms with E-state index in [0.29, 0.717) is 12.3 Å². The molecule has 4 aliphatic rings. The molecule has 0 saturated heterocycles. The van der Waals surface area contributed by atoms with E-state index in [1.807, 2.05) is 0 Å². The lowest BCUT2D eigenvalue weighted by molar-refractivity contribution is -0.231. The van der Waals surface area contributed by atoms with Gasteiger partial charge in [0.15, 0.2) is 0 Å². The van der Waals surface area contributed by atoms with Gasteiger partial charge in [-0.2, -0.15) is 0 Å². The molecule has 1 nitrogen and oxygen atoms in total. The highest BCUT2D eigenvalue weighted by Crippen LogP contribution is 2.70. The molecule has 4 rings (SSSR count). The normalized spacial score (nSPS) is 51.3. The molecule has 0 aromatic carbocycles. The van der Waals surface area contributed by atoms with Crippen LogP contribution in [-0.2, 0) is 4.79 Å². The van der Waals surface area contributed by atoms with E-state index in [4.69, 9.17) is 0 Å². The van der Waals surface area contributed by atoms with E-state index >= 15 is 8.78 Å². The lowest BCUT2D eigenvalue weighted by Crippen LogP contribution is -2.60. The summed E-state index contributed by atoms with van der Waals surface area (Å²) < 4.78 is 30.8. The predicted octanol–water partition coefficient (Wildman–Crippen LogP) is 6.26. The molecule has 142 valence electrons. The van der Waals surface area contributed by atoms with Crippen LogP contribution in [0, 0.1) is 40.4 Å². The standard InChI is InChI=1S/C22H34F2O/c1-20-11-4-3-6-16(20)14-22(23,24)19-17-9-8-15(7-5-13-25)21(17,2)12-10-18(19)20/h13,15-19H,3-12,14H2,1-2H3. The van der Waals surface area contributed by atoms with Gasteiger partial charge in [0, 0.05) is 18.8 Å². The van der Waals surface area contributed by atoms with Gasteiger partial charge >= 0.3 is 0 Å². The molecule has 0 aromatic heterocycles. The van der Waals surface area contributed by atoms with E-state index in [2.05, 4.69) is 13.8 Å². The Hall–Kier alpha value is -0.470. The minimum atomic E-state index is -2.49. The van der Waals surface area contributed by atoms with E-state index in [-0.39, 0.29) is 35.0 Å². The fraction of sp³-hybridized carbons (Fsp3) is 0.955. The molecular weight excluding hydrogens is 318 g/mol. The number of carbonyl (C=O) groups is 1. The Morgan fingerprint density at radius 3 is 2.48 bits per heavy atom. The maximum absolute atomic E-state index is 15.4. The third-order valence-corrected chi connectivity index (χ3v) is 9.40. The predicted molar refractivity (Wildman–Crippen MR) is 95.5 cm³/mol. The smallest absolute Gasteiger partial charge is 0.251 e. The van der Waals surface area contributed by atoms with Gasteiger partial charge in [-0.15, -0.1) is 0 Å². The quantitative estimate of drug-likeness (QED) is 0.548. The Morgan fingerprint density at radius 1 is 0.960 bits per heavy atom. The first-order valence-electron chi connectivity index (χ1n) is 10.6. The third-order valence-electron chi connectivity index (χ3n) is 9.40. The van der Waals surface area contributed by atoms with Crippen molar-refractivity contribution in [1.82, 2.24) is 0 Å². The molecule has 0 bridgehead atoms. The van der Waals surface area contributed by atoms with Crippen LogP contribution in [0.25, 0.3) is 0 Å². The maximum atomic E-state index is 15.4.